The third-order valence-electron chi connectivity index (χ3n) is 1.88. The molecule has 0 unspecified atom stereocenters. The van der Waals surface area contributed by atoms with Gasteiger partial charge in [-0.15, -0.1) is 11.6 Å². The van der Waals surface area contributed by atoms with Crippen LogP contribution in [-0.2, 0) is 6.42 Å². The molecule has 0 radical (unpaired) electrons. The highest BCUT2D eigenvalue weighted by Gasteiger charge is 1.87. The van der Waals surface area contributed by atoms with Gasteiger partial charge in [-0.25, -0.2) is 0 Å². The lowest BCUT2D eigenvalue weighted by Gasteiger charge is -1.95. The van der Waals surface area contributed by atoms with Gasteiger partial charge in [0.2, 0.25) is 0 Å². The predicted molar refractivity (Wildman–Crippen MR) is 59.2 cm³/mol. The molecule has 0 aliphatic rings. The van der Waals surface area contributed by atoms with Gasteiger partial charge in [0, 0.05) is 5.88 Å². The molecule has 0 aromatic heterocycles. The Hall–Kier alpha value is -0.750. The first-order valence-electron chi connectivity index (χ1n) is 4.68. The second kappa shape index (κ2) is 6.73. The maximum Gasteiger partial charge on any atom is 0.0257 e. The van der Waals surface area contributed by atoms with Crippen molar-refractivity contribution in [2.75, 3.05) is 5.88 Å². The summed E-state index contributed by atoms with van der Waals surface area (Å²) in [6.07, 6.45) is 7.57. The Balaban J connectivity index is 2.20. The SMILES string of the molecule is ClCC/C=C\CCc1ccccc1. The molecule has 1 heteroatoms. The van der Waals surface area contributed by atoms with Crippen molar-refractivity contribution in [2.45, 2.75) is 19.3 Å². The van der Waals surface area contributed by atoms with Gasteiger partial charge in [0.15, 0.2) is 0 Å². The number of allylic oxidation sites excluding steroid dienone is 2. The van der Waals surface area contributed by atoms with Crippen LogP contribution in [0.2, 0.25) is 0 Å². The molecule has 0 saturated heterocycles. The minimum absolute atomic E-state index is 0.724. The number of hydrogen-bond donors (Lipinski definition) is 0. The van der Waals surface area contributed by atoms with Crippen LogP contribution in [0.5, 0.6) is 0 Å². The molecule has 0 atom stereocenters. The summed E-state index contributed by atoms with van der Waals surface area (Å²) in [6.45, 7) is 0. The van der Waals surface area contributed by atoms with Crippen LogP contribution < -0.4 is 0 Å². The molecule has 0 saturated carbocycles. The molecule has 0 spiro atoms. The number of hydrogen-bond acceptors (Lipinski definition) is 0. The third kappa shape index (κ3) is 4.74. The lowest BCUT2D eigenvalue weighted by molar-refractivity contribution is 0.993. The Morgan fingerprint density at radius 3 is 2.38 bits per heavy atom. The monoisotopic (exact) mass is 194 g/mol. The number of halogens is 1. The normalized spacial score (nSPS) is 10.8. The van der Waals surface area contributed by atoms with E-state index < -0.39 is 0 Å². The molecule has 1 aromatic carbocycles. The molecular formula is C12H15Cl. The molecule has 0 aliphatic heterocycles. The van der Waals surface area contributed by atoms with E-state index in [1.165, 1.54) is 5.56 Å². The summed E-state index contributed by atoms with van der Waals surface area (Å²) in [5, 5.41) is 0. The molecule has 0 amide bonds. The molecule has 70 valence electrons. The topological polar surface area (TPSA) is 0 Å². The predicted octanol–water partition coefficient (Wildman–Crippen LogP) is 3.80. The van der Waals surface area contributed by atoms with Crippen LogP contribution in [0.25, 0.3) is 0 Å². The van der Waals surface area contributed by atoms with Gasteiger partial charge in [0.25, 0.3) is 0 Å². The molecule has 0 nitrogen and oxygen atoms in total. The highest BCUT2D eigenvalue weighted by molar-refractivity contribution is 6.17. The molecule has 0 aliphatic carbocycles. The standard InChI is InChI=1S/C12H15Cl/c13-11-7-2-1-4-8-12-9-5-3-6-10-12/h1-3,5-6,9-10H,4,7-8,11H2/b2-1-. The summed E-state index contributed by atoms with van der Waals surface area (Å²) in [6, 6.07) is 10.5. The lowest BCUT2D eigenvalue weighted by atomic mass is 10.1. The molecule has 0 bridgehead atoms. The highest BCUT2D eigenvalue weighted by atomic mass is 35.5. The van der Waals surface area contributed by atoms with Crippen LogP contribution in [0, 0.1) is 0 Å². The molecule has 1 aromatic rings. The first-order chi connectivity index (χ1) is 6.43. The van der Waals surface area contributed by atoms with Gasteiger partial charge in [-0.05, 0) is 24.8 Å². The van der Waals surface area contributed by atoms with Crippen molar-refractivity contribution in [1.29, 1.82) is 0 Å². The van der Waals surface area contributed by atoms with E-state index in [9.17, 15) is 0 Å². The number of rotatable bonds is 5. The quantitative estimate of drug-likeness (QED) is 0.494. The van der Waals surface area contributed by atoms with Crippen molar-refractivity contribution >= 4 is 11.6 Å². The maximum absolute atomic E-state index is 5.55. The lowest BCUT2D eigenvalue weighted by Crippen LogP contribution is -1.81. The molecule has 0 heterocycles. The Kier molecular flexibility index (Phi) is 5.35. The van der Waals surface area contributed by atoms with E-state index in [4.69, 9.17) is 11.6 Å². The summed E-state index contributed by atoms with van der Waals surface area (Å²) in [4.78, 5) is 0. The van der Waals surface area contributed by atoms with E-state index in [1.807, 2.05) is 6.07 Å². The molecule has 1 rings (SSSR count). The van der Waals surface area contributed by atoms with Gasteiger partial charge in [0.05, 0.1) is 0 Å². The maximum atomic E-state index is 5.55. The summed E-state index contributed by atoms with van der Waals surface area (Å²) >= 11 is 5.55. The fraction of sp³-hybridized carbons (Fsp3) is 0.333. The fourth-order valence-corrected chi connectivity index (χ4v) is 1.32. The van der Waals surface area contributed by atoms with Crippen molar-refractivity contribution < 1.29 is 0 Å². The van der Waals surface area contributed by atoms with Gasteiger partial charge in [-0.2, -0.15) is 0 Å². The molecular weight excluding hydrogens is 180 g/mol. The van der Waals surface area contributed by atoms with Crippen molar-refractivity contribution in [2.24, 2.45) is 0 Å². The van der Waals surface area contributed by atoms with Gasteiger partial charge in [-0.1, -0.05) is 42.5 Å². The second-order valence-corrected chi connectivity index (χ2v) is 3.35. The van der Waals surface area contributed by atoms with Crippen LogP contribution in [0.15, 0.2) is 42.5 Å². The van der Waals surface area contributed by atoms with Crippen molar-refractivity contribution in [3.05, 3.63) is 48.0 Å². The van der Waals surface area contributed by atoms with Gasteiger partial charge in [-0.3, -0.25) is 0 Å². The zero-order chi connectivity index (χ0) is 9.36. The van der Waals surface area contributed by atoms with Gasteiger partial charge in [0.1, 0.15) is 0 Å². The smallest absolute Gasteiger partial charge is 0.0257 e. The fourth-order valence-electron chi connectivity index (χ4n) is 1.19. The van der Waals surface area contributed by atoms with Crippen LogP contribution in [0.1, 0.15) is 18.4 Å². The first-order valence-corrected chi connectivity index (χ1v) is 5.22. The Morgan fingerprint density at radius 2 is 1.69 bits per heavy atom. The largest absolute Gasteiger partial charge is 0.126 e. The average Bonchev–Trinajstić information content (AvgIpc) is 2.19. The van der Waals surface area contributed by atoms with Gasteiger partial charge < -0.3 is 0 Å². The Labute approximate surface area is 85.2 Å². The third-order valence-corrected chi connectivity index (χ3v) is 2.10. The van der Waals surface area contributed by atoms with Crippen LogP contribution in [-0.4, -0.2) is 5.88 Å². The van der Waals surface area contributed by atoms with E-state index in [2.05, 4.69) is 36.4 Å². The first kappa shape index (κ1) is 10.3. The minimum Gasteiger partial charge on any atom is -0.126 e. The van der Waals surface area contributed by atoms with E-state index in [0.29, 0.717) is 0 Å². The summed E-state index contributed by atoms with van der Waals surface area (Å²) in [5.74, 6) is 0.724. The average molecular weight is 195 g/mol. The Bertz CT molecular complexity index is 239. The molecule has 0 N–H and O–H groups in total. The number of alkyl halides is 1. The minimum atomic E-state index is 0.724. The van der Waals surface area contributed by atoms with Crippen molar-refractivity contribution in [3.8, 4) is 0 Å². The van der Waals surface area contributed by atoms with Crippen molar-refractivity contribution in [1.82, 2.24) is 0 Å². The Morgan fingerprint density at radius 1 is 1.00 bits per heavy atom. The second-order valence-electron chi connectivity index (χ2n) is 2.97. The van der Waals surface area contributed by atoms with E-state index in [0.717, 1.165) is 25.1 Å². The summed E-state index contributed by atoms with van der Waals surface area (Å²) < 4.78 is 0. The zero-order valence-electron chi connectivity index (χ0n) is 7.75. The highest BCUT2D eigenvalue weighted by Crippen LogP contribution is 2.03. The summed E-state index contributed by atoms with van der Waals surface area (Å²) in [5.41, 5.74) is 1.40. The van der Waals surface area contributed by atoms with Crippen LogP contribution >= 0.6 is 11.6 Å². The number of aryl methyl sites for hydroxylation is 1. The van der Waals surface area contributed by atoms with Crippen LogP contribution in [0.4, 0.5) is 0 Å². The van der Waals surface area contributed by atoms with Crippen LogP contribution in [0.3, 0.4) is 0 Å². The van der Waals surface area contributed by atoms with Gasteiger partial charge >= 0.3 is 0 Å². The van der Waals surface area contributed by atoms with E-state index >= 15 is 0 Å². The van der Waals surface area contributed by atoms with E-state index in [1.54, 1.807) is 0 Å². The summed E-state index contributed by atoms with van der Waals surface area (Å²) in [7, 11) is 0. The zero-order valence-corrected chi connectivity index (χ0v) is 8.50. The molecule has 13 heavy (non-hydrogen) atoms. The van der Waals surface area contributed by atoms with Crippen molar-refractivity contribution in [3.63, 3.8) is 0 Å². The van der Waals surface area contributed by atoms with E-state index in [-0.39, 0.29) is 0 Å². The molecule has 0 fully saturated rings. The number of benzene rings is 1.